The van der Waals surface area contributed by atoms with Crippen molar-refractivity contribution in [1.29, 1.82) is 0 Å². The number of hydrogen-bond donors (Lipinski definition) is 1. The molecule has 3 rings (SSSR count). The van der Waals surface area contributed by atoms with Crippen LogP contribution in [0.1, 0.15) is 38.2 Å². The molecule has 1 fully saturated rings. The number of halogens is 1. The first-order valence-corrected chi connectivity index (χ1v) is 11.4. The highest BCUT2D eigenvalue weighted by molar-refractivity contribution is 5.97. The maximum absolute atomic E-state index is 13.8. The molecule has 33 heavy (non-hydrogen) atoms. The van der Waals surface area contributed by atoms with E-state index in [0.717, 1.165) is 39.3 Å². The van der Waals surface area contributed by atoms with E-state index in [9.17, 15) is 18.8 Å². The molecular formula is C24H32FN3O5. The van der Waals surface area contributed by atoms with Gasteiger partial charge in [-0.3, -0.25) is 14.5 Å². The number of allylic oxidation sites excluding steroid dienone is 1. The van der Waals surface area contributed by atoms with Crippen molar-refractivity contribution >= 4 is 17.8 Å². The molecule has 1 aromatic carbocycles. The Labute approximate surface area is 193 Å². The second kappa shape index (κ2) is 11.9. The molecule has 180 valence electrons. The summed E-state index contributed by atoms with van der Waals surface area (Å²) in [4.78, 5) is 41.8. The molecule has 9 heteroatoms. The highest BCUT2D eigenvalue weighted by Crippen LogP contribution is 2.37. The minimum absolute atomic E-state index is 0.0424. The molecule has 8 nitrogen and oxygen atoms in total. The molecule has 2 aliphatic rings. The number of nitrogens with one attached hydrogen (secondary N) is 1. The van der Waals surface area contributed by atoms with Gasteiger partial charge in [-0.1, -0.05) is 12.1 Å². The number of ether oxygens (including phenoxy) is 2. The van der Waals surface area contributed by atoms with Crippen molar-refractivity contribution < 1.29 is 28.2 Å². The number of rotatable bonds is 9. The Morgan fingerprint density at radius 2 is 2.03 bits per heavy atom. The molecule has 0 aromatic heterocycles. The number of amides is 2. The molecule has 1 unspecified atom stereocenters. The summed E-state index contributed by atoms with van der Waals surface area (Å²) >= 11 is 0. The van der Waals surface area contributed by atoms with E-state index in [-0.39, 0.29) is 37.0 Å². The summed E-state index contributed by atoms with van der Waals surface area (Å²) in [7, 11) is 0. The summed E-state index contributed by atoms with van der Waals surface area (Å²) in [6, 6.07) is 5.86. The highest BCUT2D eigenvalue weighted by atomic mass is 19.1. The van der Waals surface area contributed by atoms with Gasteiger partial charge in [0.15, 0.2) is 0 Å². The molecule has 1 saturated heterocycles. The van der Waals surface area contributed by atoms with Crippen LogP contribution in [0.25, 0.3) is 0 Å². The molecular weight excluding hydrogens is 429 g/mol. The van der Waals surface area contributed by atoms with Crippen LogP contribution in [0.15, 0.2) is 35.5 Å². The molecule has 1 atom stereocenters. The van der Waals surface area contributed by atoms with Crippen LogP contribution in [-0.4, -0.2) is 80.1 Å². The fraction of sp³-hybridized carbons (Fsp3) is 0.542. The highest BCUT2D eigenvalue weighted by Gasteiger charge is 2.37. The molecule has 0 radical (unpaired) electrons. The molecule has 0 saturated carbocycles. The normalized spacial score (nSPS) is 19.5. The Morgan fingerprint density at radius 1 is 1.27 bits per heavy atom. The van der Waals surface area contributed by atoms with E-state index in [4.69, 9.17) is 9.47 Å². The standard InChI is InChI=1S/C24H32FN3O5/c1-3-33-24(31)23-17(2)28(22(30)15-20(23)18-6-4-7-19(25)14-18)16-21(29)26-8-5-9-27-10-12-32-13-11-27/h4,6-7,14,20H,3,5,8-13,15-16H2,1-2H3,(H,26,29). The molecule has 1 aromatic rings. The fourth-order valence-corrected chi connectivity index (χ4v) is 4.24. The van der Waals surface area contributed by atoms with Gasteiger partial charge in [0.25, 0.3) is 0 Å². The predicted octanol–water partition coefficient (Wildman–Crippen LogP) is 1.82. The maximum Gasteiger partial charge on any atom is 0.336 e. The summed E-state index contributed by atoms with van der Waals surface area (Å²) in [6.45, 7) is 7.92. The van der Waals surface area contributed by atoms with E-state index in [1.807, 2.05) is 0 Å². The third kappa shape index (κ3) is 6.61. The van der Waals surface area contributed by atoms with E-state index in [2.05, 4.69) is 10.2 Å². The lowest BCUT2D eigenvalue weighted by molar-refractivity contribution is -0.141. The quantitative estimate of drug-likeness (QED) is 0.446. The number of morpholine rings is 1. The lowest BCUT2D eigenvalue weighted by atomic mass is 9.83. The van der Waals surface area contributed by atoms with Crippen molar-refractivity contribution in [2.75, 3.05) is 52.5 Å². The van der Waals surface area contributed by atoms with Gasteiger partial charge in [0.05, 0.1) is 25.4 Å². The van der Waals surface area contributed by atoms with Crippen molar-refractivity contribution in [3.8, 4) is 0 Å². The summed E-state index contributed by atoms with van der Waals surface area (Å²) < 4.78 is 24.4. The maximum atomic E-state index is 13.8. The predicted molar refractivity (Wildman–Crippen MR) is 120 cm³/mol. The first-order chi connectivity index (χ1) is 15.9. The van der Waals surface area contributed by atoms with Crippen LogP contribution in [0, 0.1) is 5.82 Å². The minimum atomic E-state index is -0.625. The second-order valence-electron chi connectivity index (χ2n) is 8.17. The summed E-state index contributed by atoms with van der Waals surface area (Å²) in [5.41, 5.74) is 1.17. The minimum Gasteiger partial charge on any atom is -0.463 e. The van der Waals surface area contributed by atoms with E-state index < -0.39 is 17.7 Å². The van der Waals surface area contributed by atoms with Crippen LogP contribution < -0.4 is 5.32 Å². The zero-order valence-corrected chi connectivity index (χ0v) is 19.3. The molecule has 1 N–H and O–H groups in total. The van der Waals surface area contributed by atoms with Crippen molar-refractivity contribution in [3.05, 3.63) is 46.9 Å². The monoisotopic (exact) mass is 461 g/mol. The SMILES string of the molecule is CCOC(=O)C1=C(C)N(CC(=O)NCCCN2CCOCC2)C(=O)CC1c1cccc(F)c1. The zero-order chi connectivity index (χ0) is 23.8. The van der Waals surface area contributed by atoms with Gasteiger partial charge >= 0.3 is 5.97 Å². The van der Waals surface area contributed by atoms with Gasteiger partial charge in [-0.15, -0.1) is 0 Å². The van der Waals surface area contributed by atoms with Gasteiger partial charge in [-0.25, -0.2) is 9.18 Å². The Kier molecular flexibility index (Phi) is 8.96. The van der Waals surface area contributed by atoms with Gasteiger partial charge in [0.1, 0.15) is 12.4 Å². The molecule has 0 spiro atoms. The van der Waals surface area contributed by atoms with Crippen LogP contribution in [-0.2, 0) is 23.9 Å². The Morgan fingerprint density at radius 3 is 2.73 bits per heavy atom. The molecule has 2 heterocycles. The molecule has 2 aliphatic heterocycles. The van der Waals surface area contributed by atoms with E-state index >= 15 is 0 Å². The van der Waals surface area contributed by atoms with E-state index in [0.29, 0.717) is 17.8 Å². The van der Waals surface area contributed by atoms with Gasteiger partial charge in [0.2, 0.25) is 11.8 Å². The number of carbonyl (C=O) groups is 3. The van der Waals surface area contributed by atoms with Crippen LogP contribution >= 0.6 is 0 Å². The lowest BCUT2D eigenvalue weighted by Crippen LogP contribution is -2.44. The van der Waals surface area contributed by atoms with E-state index in [1.165, 1.54) is 17.0 Å². The average molecular weight is 462 g/mol. The van der Waals surface area contributed by atoms with Crippen LogP contribution in [0.3, 0.4) is 0 Å². The number of benzene rings is 1. The van der Waals surface area contributed by atoms with Gasteiger partial charge in [-0.05, 0) is 44.5 Å². The fourth-order valence-electron chi connectivity index (χ4n) is 4.24. The zero-order valence-electron chi connectivity index (χ0n) is 19.3. The second-order valence-corrected chi connectivity index (χ2v) is 8.17. The third-order valence-electron chi connectivity index (χ3n) is 5.95. The van der Waals surface area contributed by atoms with Crippen LogP contribution in [0.5, 0.6) is 0 Å². The summed E-state index contributed by atoms with van der Waals surface area (Å²) in [6.07, 6.45) is 0.753. The van der Waals surface area contributed by atoms with Gasteiger partial charge < -0.3 is 19.7 Å². The summed E-state index contributed by atoms with van der Waals surface area (Å²) in [5, 5.41) is 2.85. The lowest BCUT2D eigenvalue weighted by Gasteiger charge is -2.34. The molecule has 0 bridgehead atoms. The van der Waals surface area contributed by atoms with E-state index in [1.54, 1.807) is 26.0 Å². The van der Waals surface area contributed by atoms with Crippen molar-refractivity contribution in [2.24, 2.45) is 0 Å². The van der Waals surface area contributed by atoms with Crippen molar-refractivity contribution in [1.82, 2.24) is 15.1 Å². The number of esters is 1. The first kappa shape index (κ1) is 24.9. The van der Waals surface area contributed by atoms with Crippen LogP contribution in [0.4, 0.5) is 4.39 Å². The van der Waals surface area contributed by atoms with Gasteiger partial charge in [0, 0.05) is 37.7 Å². The van der Waals surface area contributed by atoms with Crippen molar-refractivity contribution in [3.63, 3.8) is 0 Å². The third-order valence-corrected chi connectivity index (χ3v) is 5.95. The molecule has 0 aliphatic carbocycles. The van der Waals surface area contributed by atoms with Crippen LogP contribution in [0.2, 0.25) is 0 Å². The van der Waals surface area contributed by atoms with Crippen molar-refractivity contribution in [2.45, 2.75) is 32.6 Å². The topological polar surface area (TPSA) is 88.2 Å². The Balaban J connectivity index is 1.67. The largest absolute Gasteiger partial charge is 0.463 e. The van der Waals surface area contributed by atoms with Gasteiger partial charge in [-0.2, -0.15) is 0 Å². The Hall–Kier alpha value is -2.78. The summed E-state index contributed by atoms with van der Waals surface area (Å²) in [5.74, 6) is -2.22. The Bertz CT molecular complexity index is 898. The first-order valence-electron chi connectivity index (χ1n) is 11.4. The number of carbonyl (C=O) groups excluding carboxylic acids is 3. The smallest absolute Gasteiger partial charge is 0.336 e. The number of nitrogens with zero attached hydrogens (tertiary/aromatic N) is 2. The average Bonchev–Trinajstić information content (AvgIpc) is 2.80. The number of hydrogen-bond acceptors (Lipinski definition) is 6. The molecule has 2 amide bonds.